The van der Waals surface area contributed by atoms with Crippen LogP contribution in [0.1, 0.15) is 13.8 Å². The van der Waals surface area contributed by atoms with Crippen LogP contribution in [0.3, 0.4) is 0 Å². The van der Waals surface area contributed by atoms with E-state index in [1.54, 1.807) is 6.92 Å². The summed E-state index contributed by atoms with van der Waals surface area (Å²) in [6.45, 7) is 5.39. The zero-order valence-electron chi connectivity index (χ0n) is 9.82. The molecule has 1 saturated heterocycles. The van der Waals surface area contributed by atoms with Crippen LogP contribution in [-0.4, -0.2) is 45.5 Å². The minimum Gasteiger partial charge on any atom is -0.355 e. The Kier molecular flexibility index (Phi) is 4.73. The van der Waals surface area contributed by atoms with Gasteiger partial charge in [-0.25, -0.2) is 8.42 Å². The second-order valence-electron chi connectivity index (χ2n) is 4.27. The van der Waals surface area contributed by atoms with Crippen LogP contribution in [0.15, 0.2) is 0 Å². The topological polar surface area (TPSA) is 75.3 Å². The van der Waals surface area contributed by atoms with Gasteiger partial charge in [-0.3, -0.25) is 4.79 Å². The molecule has 0 radical (unpaired) electrons. The van der Waals surface area contributed by atoms with Crippen molar-refractivity contribution in [2.24, 2.45) is 11.8 Å². The summed E-state index contributed by atoms with van der Waals surface area (Å²) in [5.74, 6) is 0.421. The van der Waals surface area contributed by atoms with E-state index in [1.165, 1.54) is 0 Å². The first-order chi connectivity index (χ1) is 7.46. The van der Waals surface area contributed by atoms with Crippen LogP contribution < -0.4 is 10.6 Å². The molecule has 2 unspecified atom stereocenters. The number of carbonyl (C=O) groups excluding carboxylic acids is 1. The lowest BCUT2D eigenvalue weighted by molar-refractivity contribution is -0.125. The highest BCUT2D eigenvalue weighted by atomic mass is 32.2. The third-order valence-corrected chi connectivity index (χ3v) is 4.71. The first-order valence-electron chi connectivity index (χ1n) is 5.65. The van der Waals surface area contributed by atoms with E-state index in [4.69, 9.17) is 0 Å². The average Bonchev–Trinajstić information content (AvgIpc) is 2.64. The normalized spacial score (nSPS) is 25.6. The molecular weight excluding hydrogens is 228 g/mol. The van der Waals surface area contributed by atoms with E-state index in [2.05, 4.69) is 10.6 Å². The van der Waals surface area contributed by atoms with Crippen molar-refractivity contribution in [3.05, 3.63) is 0 Å². The van der Waals surface area contributed by atoms with Gasteiger partial charge in [0.25, 0.3) is 0 Å². The van der Waals surface area contributed by atoms with Gasteiger partial charge in [-0.15, -0.1) is 0 Å². The molecule has 2 N–H and O–H groups in total. The number of hydrogen-bond donors (Lipinski definition) is 2. The summed E-state index contributed by atoms with van der Waals surface area (Å²) in [5.41, 5.74) is 0. The summed E-state index contributed by atoms with van der Waals surface area (Å²) in [4.78, 5) is 11.7. The van der Waals surface area contributed by atoms with Gasteiger partial charge in [0.1, 0.15) is 0 Å². The van der Waals surface area contributed by atoms with Crippen molar-refractivity contribution in [1.82, 2.24) is 10.6 Å². The summed E-state index contributed by atoms with van der Waals surface area (Å²) in [7, 11) is -2.98. The van der Waals surface area contributed by atoms with Gasteiger partial charge in [0.05, 0.1) is 11.7 Å². The maximum atomic E-state index is 11.7. The minimum absolute atomic E-state index is 0.0238. The molecule has 0 aromatic rings. The van der Waals surface area contributed by atoms with Gasteiger partial charge in [-0.2, -0.15) is 0 Å². The maximum absolute atomic E-state index is 11.7. The molecule has 5 nitrogen and oxygen atoms in total. The van der Waals surface area contributed by atoms with Gasteiger partial charge in [0, 0.05) is 18.8 Å². The highest BCUT2D eigenvalue weighted by Crippen LogP contribution is 2.15. The summed E-state index contributed by atoms with van der Waals surface area (Å²) in [6.07, 6.45) is 0. The van der Waals surface area contributed by atoms with Gasteiger partial charge in [0.15, 0.2) is 9.84 Å². The predicted molar refractivity (Wildman–Crippen MR) is 62.9 cm³/mol. The number of carbonyl (C=O) groups is 1. The highest BCUT2D eigenvalue weighted by Gasteiger charge is 2.29. The van der Waals surface area contributed by atoms with Crippen molar-refractivity contribution in [1.29, 1.82) is 0 Å². The van der Waals surface area contributed by atoms with Crippen LogP contribution in [0.25, 0.3) is 0 Å². The van der Waals surface area contributed by atoms with Gasteiger partial charge in [-0.1, -0.05) is 13.8 Å². The van der Waals surface area contributed by atoms with Crippen molar-refractivity contribution in [2.75, 3.05) is 31.1 Å². The summed E-state index contributed by atoms with van der Waals surface area (Å²) in [6, 6.07) is 0. The van der Waals surface area contributed by atoms with Crippen LogP contribution in [0.2, 0.25) is 0 Å². The molecule has 1 fully saturated rings. The molecular formula is C10H20N2O3S. The third kappa shape index (κ3) is 3.75. The van der Waals surface area contributed by atoms with Crippen LogP contribution in [0, 0.1) is 11.8 Å². The molecule has 6 heteroatoms. The van der Waals surface area contributed by atoms with Gasteiger partial charge < -0.3 is 10.6 Å². The average molecular weight is 248 g/mol. The second kappa shape index (κ2) is 5.63. The molecule has 1 aliphatic heterocycles. The zero-order chi connectivity index (χ0) is 12.2. The molecule has 0 aromatic heterocycles. The van der Waals surface area contributed by atoms with E-state index in [-0.39, 0.29) is 29.9 Å². The van der Waals surface area contributed by atoms with E-state index >= 15 is 0 Å². The predicted octanol–water partition coefficient (Wildman–Crippen LogP) is -0.607. The fourth-order valence-corrected chi connectivity index (χ4v) is 2.47. The van der Waals surface area contributed by atoms with Gasteiger partial charge >= 0.3 is 0 Å². The highest BCUT2D eigenvalue weighted by molar-refractivity contribution is 7.91. The first kappa shape index (κ1) is 13.4. The fraction of sp³-hybridized carbons (Fsp3) is 0.900. The summed E-state index contributed by atoms with van der Waals surface area (Å²) >= 11 is 0. The van der Waals surface area contributed by atoms with Crippen molar-refractivity contribution in [3.8, 4) is 0 Å². The minimum atomic E-state index is -2.98. The summed E-state index contributed by atoms with van der Waals surface area (Å²) in [5, 5.41) is 5.83. The van der Waals surface area contributed by atoms with Crippen LogP contribution >= 0.6 is 0 Å². The Labute approximate surface area is 96.9 Å². The lowest BCUT2D eigenvalue weighted by atomic mass is 9.97. The smallest absolute Gasteiger partial charge is 0.224 e. The first-order valence-corrected chi connectivity index (χ1v) is 7.47. The Balaban J connectivity index is 2.30. The maximum Gasteiger partial charge on any atom is 0.224 e. The SMILES string of the molecule is CCS(=O)(=O)CCNC(=O)C1CNCC1C. The number of sulfone groups is 1. The Morgan fingerprint density at radius 1 is 1.44 bits per heavy atom. The Morgan fingerprint density at radius 3 is 2.62 bits per heavy atom. The number of nitrogens with one attached hydrogen (secondary N) is 2. The van der Waals surface area contributed by atoms with Crippen LogP contribution in [0.4, 0.5) is 0 Å². The quantitative estimate of drug-likeness (QED) is 0.681. The molecule has 0 saturated carbocycles. The zero-order valence-corrected chi connectivity index (χ0v) is 10.6. The molecule has 0 aliphatic carbocycles. The van der Waals surface area contributed by atoms with E-state index < -0.39 is 9.84 Å². The van der Waals surface area contributed by atoms with Crippen LogP contribution in [0.5, 0.6) is 0 Å². The molecule has 94 valence electrons. The van der Waals surface area contributed by atoms with Gasteiger partial charge in [-0.05, 0) is 12.5 Å². The van der Waals surface area contributed by atoms with Crippen molar-refractivity contribution < 1.29 is 13.2 Å². The Hall–Kier alpha value is -0.620. The van der Waals surface area contributed by atoms with Crippen molar-refractivity contribution in [2.45, 2.75) is 13.8 Å². The molecule has 2 atom stereocenters. The molecule has 1 amide bonds. The monoisotopic (exact) mass is 248 g/mol. The number of amides is 1. The third-order valence-electron chi connectivity index (χ3n) is 3.01. The van der Waals surface area contributed by atoms with E-state index in [0.29, 0.717) is 12.5 Å². The van der Waals surface area contributed by atoms with Gasteiger partial charge in [0.2, 0.25) is 5.91 Å². The molecule has 1 rings (SSSR count). The standard InChI is InChI=1S/C10H20N2O3S/c1-3-16(14,15)5-4-12-10(13)9-7-11-6-8(9)2/h8-9,11H,3-7H2,1-2H3,(H,12,13). The number of hydrogen-bond acceptors (Lipinski definition) is 4. The molecule has 0 bridgehead atoms. The lowest BCUT2D eigenvalue weighted by Gasteiger charge is -2.13. The largest absolute Gasteiger partial charge is 0.355 e. The molecule has 1 aliphatic rings. The number of rotatable bonds is 5. The van der Waals surface area contributed by atoms with Crippen LogP contribution in [-0.2, 0) is 14.6 Å². The summed E-state index contributed by atoms with van der Waals surface area (Å²) < 4.78 is 22.4. The Bertz CT molecular complexity index is 340. The van der Waals surface area contributed by atoms with Crippen molar-refractivity contribution >= 4 is 15.7 Å². The molecule has 0 aromatic carbocycles. The lowest BCUT2D eigenvalue weighted by Crippen LogP contribution is -2.37. The van der Waals surface area contributed by atoms with Crippen molar-refractivity contribution in [3.63, 3.8) is 0 Å². The van der Waals surface area contributed by atoms with E-state index in [1.807, 2.05) is 6.92 Å². The Morgan fingerprint density at radius 2 is 2.12 bits per heavy atom. The second-order valence-corrected chi connectivity index (χ2v) is 6.74. The molecule has 0 spiro atoms. The fourth-order valence-electron chi connectivity index (χ4n) is 1.77. The molecule has 16 heavy (non-hydrogen) atoms. The molecule has 1 heterocycles. The van der Waals surface area contributed by atoms with E-state index in [0.717, 1.165) is 6.54 Å². The van der Waals surface area contributed by atoms with E-state index in [9.17, 15) is 13.2 Å².